The molecule has 0 aliphatic rings. The maximum absolute atomic E-state index is 14.9. The van der Waals surface area contributed by atoms with Gasteiger partial charge in [0, 0.05) is 23.1 Å². The standard InChI is InChI=1S/C25H14F8O2/c1-34-15-9-19(27)22(20(28)10-15)13-3-4-16(18(26)7-13)12-2-5-17-14(6-12)8-21(29)24(23(17)30)35-11-25(31,32)33/h2-10H,11H2,1H3. The molecule has 0 bridgehead atoms. The molecule has 0 radical (unpaired) electrons. The fourth-order valence-corrected chi connectivity index (χ4v) is 3.61. The molecule has 10 heteroatoms. The van der Waals surface area contributed by atoms with Crippen LogP contribution in [0.5, 0.6) is 11.5 Å². The van der Waals surface area contributed by atoms with Crippen LogP contribution in [0.1, 0.15) is 0 Å². The van der Waals surface area contributed by atoms with Crippen molar-refractivity contribution in [2.75, 3.05) is 13.7 Å². The van der Waals surface area contributed by atoms with E-state index in [1.807, 2.05) is 0 Å². The molecule has 4 aromatic carbocycles. The van der Waals surface area contributed by atoms with Crippen molar-refractivity contribution >= 4 is 10.8 Å². The first-order valence-electron chi connectivity index (χ1n) is 9.93. The van der Waals surface area contributed by atoms with Gasteiger partial charge in [-0.15, -0.1) is 0 Å². The number of rotatable bonds is 5. The Kier molecular flexibility index (Phi) is 6.31. The van der Waals surface area contributed by atoms with Gasteiger partial charge < -0.3 is 9.47 Å². The summed E-state index contributed by atoms with van der Waals surface area (Å²) >= 11 is 0. The van der Waals surface area contributed by atoms with Gasteiger partial charge in [0.15, 0.2) is 24.0 Å². The Morgan fingerprint density at radius 3 is 1.97 bits per heavy atom. The zero-order valence-electron chi connectivity index (χ0n) is 17.7. The smallest absolute Gasteiger partial charge is 0.422 e. The molecule has 0 unspecified atom stereocenters. The molecule has 4 rings (SSSR count). The molecule has 0 atom stereocenters. The average molecular weight is 498 g/mol. The van der Waals surface area contributed by atoms with Gasteiger partial charge in [0.05, 0.1) is 12.7 Å². The number of hydrogen-bond acceptors (Lipinski definition) is 2. The maximum atomic E-state index is 14.9. The molecule has 182 valence electrons. The second kappa shape index (κ2) is 9.09. The lowest BCUT2D eigenvalue weighted by Gasteiger charge is -2.13. The Hall–Kier alpha value is -3.82. The van der Waals surface area contributed by atoms with E-state index in [1.54, 1.807) is 0 Å². The Morgan fingerprint density at radius 1 is 0.714 bits per heavy atom. The summed E-state index contributed by atoms with van der Waals surface area (Å²) in [6.45, 7) is -1.88. The van der Waals surface area contributed by atoms with Crippen LogP contribution in [-0.2, 0) is 0 Å². The van der Waals surface area contributed by atoms with Crippen molar-refractivity contribution in [1.82, 2.24) is 0 Å². The molecule has 2 nitrogen and oxygen atoms in total. The Morgan fingerprint density at radius 2 is 1.37 bits per heavy atom. The van der Waals surface area contributed by atoms with E-state index in [-0.39, 0.29) is 33.2 Å². The third kappa shape index (κ3) is 4.87. The van der Waals surface area contributed by atoms with Gasteiger partial charge >= 0.3 is 6.18 Å². The van der Waals surface area contributed by atoms with Crippen molar-refractivity contribution in [3.05, 3.63) is 83.7 Å². The number of halogens is 8. The molecule has 0 heterocycles. The largest absolute Gasteiger partial charge is 0.497 e. The van der Waals surface area contributed by atoms with Crippen molar-refractivity contribution in [2.24, 2.45) is 0 Å². The zero-order chi connectivity index (χ0) is 25.5. The minimum Gasteiger partial charge on any atom is -0.497 e. The third-order valence-electron chi connectivity index (χ3n) is 5.19. The van der Waals surface area contributed by atoms with E-state index in [0.29, 0.717) is 0 Å². The van der Waals surface area contributed by atoms with E-state index in [0.717, 1.165) is 30.3 Å². The average Bonchev–Trinajstić information content (AvgIpc) is 2.77. The van der Waals surface area contributed by atoms with Crippen LogP contribution in [0, 0.1) is 29.1 Å². The van der Waals surface area contributed by atoms with Crippen LogP contribution in [0.15, 0.2) is 54.6 Å². The fraction of sp³-hybridized carbons (Fsp3) is 0.120. The number of methoxy groups -OCH3 is 1. The van der Waals surface area contributed by atoms with E-state index in [1.165, 1.54) is 31.4 Å². The number of hydrogen-bond donors (Lipinski definition) is 0. The molecule has 0 aromatic heterocycles. The topological polar surface area (TPSA) is 18.5 Å². The molecule has 0 saturated heterocycles. The first-order valence-corrected chi connectivity index (χ1v) is 9.93. The summed E-state index contributed by atoms with van der Waals surface area (Å²) in [7, 11) is 1.24. The normalized spacial score (nSPS) is 11.7. The Balaban J connectivity index is 1.72. The first-order chi connectivity index (χ1) is 16.5. The highest BCUT2D eigenvalue weighted by Crippen LogP contribution is 2.36. The van der Waals surface area contributed by atoms with Crippen LogP contribution in [0.3, 0.4) is 0 Å². The third-order valence-corrected chi connectivity index (χ3v) is 5.19. The highest BCUT2D eigenvalue weighted by molar-refractivity contribution is 5.89. The van der Waals surface area contributed by atoms with E-state index in [2.05, 4.69) is 4.74 Å². The van der Waals surface area contributed by atoms with Gasteiger partial charge in [0.25, 0.3) is 0 Å². The predicted molar refractivity (Wildman–Crippen MR) is 113 cm³/mol. The number of fused-ring (bicyclic) bond motifs is 1. The summed E-state index contributed by atoms with van der Waals surface area (Å²) in [5.41, 5.74) is -0.429. The molecule has 4 aromatic rings. The van der Waals surface area contributed by atoms with E-state index in [4.69, 9.17) is 4.74 Å². The van der Waals surface area contributed by atoms with Gasteiger partial charge in [0.2, 0.25) is 0 Å². The Bertz CT molecular complexity index is 1410. The Labute approximate surface area is 193 Å². The molecular weight excluding hydrogens is 484 g/mol. The molecule has 0 N–H and O–H groups in total. The molecule has 0 amide bonds. The van der Waals surface area contributed by atoms with Crippen molar-refractivity contribution in [3.63, 3.8) is 0 Å². The molecular formula is C25H14F8O2. The van der Waals surface area contributed by atoms with Crippen LogP contribution >= 0.6 is 0 Å². The predicted octanol–water partition coefficient (Wildman–Crippen LogP) is 7.82. The van der Waals surface area contributed by atoms with Crippen molar-refractivity contribution in [3.8, 4) is 33.8 Å². The lowest BCUT2D eigenvalue weighted by atomic mass is 9.97. The monoisotopic (exact) mass is 498 g/mol. The van der Waals surface area contributed by atoms with Crippen LogP contribution in [0.25, 0.3) is 33.0 Å². The zero-order valence-corrected chi connectivity index (χ0v) is 17.7. The minimum absolute atomic E-state index is 0.0387. The van der Waals surface area contributed by atoms with Crippen LogP contribution in [-0.4, -0.2) is 19.9 Å². The summed E-state index contributed by atoms with van der Waals surface area (Å²) < 4.78 is 119. The van der Waals surface area contributed by atoms with Crippen LogP contribution in [0.4, 0.5) is 35.1 Å². The molecule has 35 heavy (non-hydrogen) atoms. The van der Waals surface area contributed by atoms with Gasteiger partial charge in [-0.2, -0.15) is 13.2 Å². The first kappa shape index (κ1) is 24.3. The van der Waals surface area contributed by atoms with Crippen molar-refractivity contribution < 1.29 is 44.6 Å². The second-order valence-corrected chi connectivity index (χ2v) is 7.50. The minimum atomic E-state index is -4.79. The number of alkyl halides is 3. The highest BCUT2D eigenvalue weighted by Gasteiger charge is 2.30. The summed E-state index contributed by atoms with van der Waals surface area (Å²) in [4.78, 5) is 0. The second-order valence-electron chi connectivity index (χ2n) is 7.50. The quantitative estimate of drug-likeness (QED) is 0.261. The van der Waals surface area contributed by atoms with Gasteiger partial charge in [-0.05, 0) is 34.7 Å². The maximum Gasteiger partial charge on any atom is 0.422 e. The molecule has 0 aliphatic carbocycles. The van der Waals surface area contributed by atoms with Crippen molar-refractivity contribution in [1.29, 1.82) is 0 Å². The molecule has 0 aliphatic heterocycles. The van der Waals surface area contributed by atoms with Gasteiger partial charge in [-0.3, -0.25) is 0 Å². The van der Waals surface area contributed by atoms with E-state index in [9.17, 15) is 35.1 Å². The summed E-state index contributed by atoms with van der Waals surface area (Å²) in [5, 5.41) is -0.306. The lowest BCUT2D eigenvalue weighted by molar-refractivity contribution is -0.154. The van der Waals surface area contributed by atoms with Crippen LogP contribution in [0.2, 0.25) is 0 Å². The fourth-order valence-electron chi connectivity index (χ4n) is 3.61. The van der Waals surface area contributed by atoms with E-state index >= 15 is 0 Å². The highest BCUT2D eigenvalue weighted by atomic mass is 19.4. The van der Waals surface area contributed by atoms with E-state index < -0.39 is 53.2 Å². The van der Waals surface area contributed by atoms with Gasteiger partial charge in [0.1, 0.15) is 23.2 Å². The van der Waals surface area contributed by atoms with Gasteiger partial charge in [-0.25, -0.2) is 22.0 Å². The molecule has 0 fully saturated rings. The lowest BCUT2D eigenvalue weighted by Crippen LogP contribution is -2.20. The summed E-state index contributed by atoms with van der Waals surface area (Å²) in [6, 6.07) is 9.70. The molecule has 0 saturated carbocycles. The SMILES string of the molecule is COc1cc(F)c(-c2ccc(-c3ccc4c(F)c(OCC(F)(F)F)c(F)cc4c3)c(F)c2)c(F)c1. The van der Waals surface area contributed by atoms with Crippen molar-refractivity contribution in [2.45, 2.75) is 6.18 Å². The summed E-state index contributed by atoms with van der Waals surface area (Å²) in [5.74, 6) is -6.73. The summed E-state index contributed by atoms with van der Waals surface area (Å²) in [6.07, 6.45) is -4.79. The molecule has 0 spiro atoms. The van der Waals surface area contributed by atoms with Gasteiger partial charge in [-0.1, -0.05) is 24.3 Å². The van der Waals surface area contributed by atoms with Crippen LogP contribution < -0.4 is 9.47 Å². The number of ether oxygens (including phenoxy) is 2. The number of benzene rings is 4.